The number of benzene rings is 4. The zero-order chi connectivity index (χ0) is 36.7. The highest BCUT2D eigenvalue weighted by atomic mass is 16.7. The quantitative estimate of drug-likeness (QED) is 0.198. The standard InChI is InChI=1S/C42H46N4O7/c1-29-37(26-45-21-19-44(20-22-45)25-30-9-4-2-5-10-30)52-41(53-39(29)33-17-15-31(27-47)16-18-33)34-13-8-14-35(23-34)46-38(48)24-36(40(46)49)43-42(50)51-28-32-11-6-3-7-12-32/h2-18,23,29,36-37,39,41,47H,19-22,24-28H2,1H3,(H,43,50). The molecule has 53 heavy (non-hydrogen) atoms. The van der Waals surface area contributed by atoms with Crippen LogP contribution in [0.3, 0.4) is 0 Å². The molecule has 3 heterocycles. The average molecular weight is 719 g/mol. The number of aliphatic hydroxyl groups excluding tert-OH is 1. The number of amides is 3. The molecule has 0 spiro atoms. The molecule has 0 aliphatic carbocycles. The lowest BCUT2D eigenvalue weighted by molar-refractivity contribution is -0.276. The van der Waals surface area contributed by atoms with Crippen LogP contribution in [0.15, 0.2) is 109 Å². The summed E-state index contributed by atoms with van der Waals surface area (Å²) in [4.78, 5) is 45.3. The maximum Gasteiger partial charge on any atom is 0.408 e. The van der Waals surface area contributed by atoms with Gasteiger partial charge < -0.3 is 24.6 Å². The van der Waals surface area contributed by atoms with E-state index in [0.29, 0.717) is 11.3 Å². The van der Waals surface area contributed by atoms with Gasteiger partial charge in [-0.15, -0.1) is 0 Å². The Balaban J connectivity index is 1.04. The van der Waals surface area contributed by atoms with E-state index in [1.54, 1.807) is 18.2 Å². The van der Waals surface area contributed by atoms with E-state index in [-0.39, 0.29) is 37.8 Å². The molecule has 11 heteroatoms. The van der Waals surface area contributed by atoms with Crippen LogP contribution in [0.1, 0.15) is 53.6 Å². The van der Waals surface area contributed by atoms with Gasteiger partial charge in [-0.2, -0.15) is 0 Å². The Hall–Kier alpha value is -4.91. The third kappa shape index (κ3) is 8.84. The Kier molecular flexibility index (Phi) is 11.6. The molecule has 5 atom stereocenters. The molecule has 0 radical (unpaired) electrons. The topological polar surface area (TPSA) is 121 Å². The summed E-state index contributed by atoms with van der Waals surface area (Å²) in [5, 5.41) is 12.2. The van der Waals surface area contributed by atoms with Gasteiger partial charge in [-0.05, 0) is 34.4 Å². The van der Waals surface area contributed by atoms with Gasteiger partial charge in [-0.25, -0.2) is 9.69 Å². The van der Waals surface area contributed by atoms with Crippen LogP contribution in [0, 0.1) is 5.92 Å². The first kappa shape index (κ1) is 36.4. The fourth-order valence-corrected chi connectivity index (χ4v) is 7.29. The third-order valence-corrected chi connectivity index (χ3v) is 10.3. The largest absolute Gasteiger partial charge is 0.445 e. The molecule has 3 aliphatic heterocycles. The normalized spacial score (nSPS) is 24.0. The van der Waals surface area contributed by atoms with E-state index < -0.39 is 30.2 Å². The van der Waals surface area contributed by atoms with Gasteiger partial charge in [0.2, 0.25) is 5.91 Å². The second kappa shape index (κ2) is 16.8. The van der Waals surface area contributed by atoms with Crippen molar-refractivity contribution in [1.29, 1.82) is 0 Å². The number of imide groups is 1. The van der Waals surface area contributed by atoms with Gasteiger partial charge in [0.1, 0.15) is 12.6 Å². The number of nitrogens with one attached hydrogen (secondary N) is 1. The third-order valence-electron chi connectivity index (χ3n) is 10.3. The van der Waals surface area contributed by atoms with Crippen molar-refractivity contribution in [3.8, 4) is 0 Å². The van der Waals surface area contributed by atoms with Crippen molar-refractivity contribution < 1.29 is 33.7 Å². The van der Waals surface area contributed by atoms with E-state index in [4.69, 9.17) is 14.2 Å². The fourth-order valence-electron chi connectivity index (χ4n) is 7.29. The number of rotatable bonds is 11. The molecule has 0 aromatic heterocycles. The Morgan fingerprint density at radius 1 is 0.792 bits per heavy atom. The van der Waals surface area contributed by atoms with Crippen LogP contribution in [0.25, 0.3) is 0 Å². The van der Waals surface area contributed by atoms with Gasteiger partial charge in [0, 0.05) is 50.7 Å². The van der Waals surface area contributed by atoms with Crippen molar-refractivity contribution in [3.05, 3.63) is 137 Å². The minimum absolute atomic E-state index is 0.00646. The monoisotopic (exact) mass is 718 g/mol. The summed E-state index contributed by atoms with van der Waals surface area (Å²) in [5.41, 5.74) is 4.97. The predicted molar refractivity (Wildman–Crippen MR) is 198 cm³/mol. The van der Waals surface area contributed by atoms with Crippen molar-refractivity contribution in [1.82, 2.24) is 15.1 Å². The maximum absolute atomic E-state index is 13.5. The lowest BCUT2D eigenvalue weighted by Crippen LogP contribution is -2.51. The van der Waals surface area contributed by atoms with Gasteiger partial charge in [0.15, 0.2) is 6.29 Å². The van der Waals surface area contributed by atoms with E-state index in [2.05, 4.69) is 46.3 Å². The minimum atomic E-state index is -1.04. The number of alkyl carbamates (subject to hydrolysis) is 1. The highest BCUT2D eigenvalue weighted by molar-refractivity contribution is 6.22. The number of anilines is 1. The van der Waals surface area contributed by atoms with Crippen molar-refractivity contribution in [2.75, 3.05) is 37.6 Å². The smallest absolute Gasteiger partial charge is 0.408 e. The van der Waals surface area contributed by atoms with Crippen LogP contribution in [-0.2, 0) is 43.6 Å². The molecular weight excluding hydrogens is 672 g/mol. The van der Waals surface area contributed by atoms with Crippen LogP contribution in [-0.4, -0.2) is 77.7 Å². The first-order valence-corrected chi connectivity index (χ1v) is 18.3. The van der Waals surface area contributed by atoms with Crippen molar-refractivity contribution >= 4 is 23.6 Å². The second-order valence-electron chi connectivity index (χ2n) is 14.0. The number of nitrogens with zero attached hydrogens (tertiary/aromatic N) is 3. The summed E-state index contributed by atoms with van der Waals surface area (Å²) in [7, 11) is 0. The number of aliphatic hydroxyl groups is 1. The van der Waals surface area contributed by atoms with Crippen molar-refractivity contribution in [2.45, 2.75) is 57.6 Å². The molecular formula is C42H46N4O7. The highest BCUT2D eigenvalue weighted by Gasteiger charge is 2.42. The van der Waals surface area contributed by atoms with Gasteiger partial charge in [0.05, 0.1) is 30.9 Å². The van der Waals surface area contributed by atoms with Gasteiger partial charge >= 0.3 is 6.09 Å². The number of carbonyl (C=O) groups is 3. The highest BCUT2D eigenvalue weighted by Crippen LogP contribution is 2.42. The summed E-state index contributed by atoms with van der Waals surface area (Å²) in [6, 6.07) is 33.6. The first-order valence-electron chi connectivity index (χ1n) is 18.3. The molecule has 3 amide bonds. The van der Waals surface area contributed by atoms with E-state index in [1.165, 1.54) is 5.56 Å². The number of ether oxygens (including phenoxy) is 3. The molecule has 0 bridgehead atoms. The second-order valence-corrected chi connectivity index (χ2v) is 14.0. The van der Waals surface area contributed by atoms with Gasteiger partial charge in [-0.1, -0.05) is 104 Å². The van der Waals surface area contributed by atoms with Crippen LogP contribution in [0.2, 0.25) is 0 Å². The molecule has 276 valence electrons. The predicted octanol–water partition coefficient (Wildman–Crippen LogP) is 5.35. The summed E-state index contributed by atoms with van der Waals surface area (Å²) in [6.07, 6.45) is -2.20. The van der Waals surface area contributed by atoms with E-state index in [9.17, 15) is 19.5 Å². The van der Waals surface area contributed by atoms with Gasteiger partial charge in [-0.3, -0.25) is 19.4 Å². The number of hydrogen-bond acceptors (Lipinski definition) is 9. The molecule has 4 aromatic rings. The van der Waals surface area contributed by atoms with Crippen LogP contribution < -0.4 is 10.2 Å². The Morgan fingerprint density at radius 3 is 2.17 bits per heavy atom. The molecule has 3 fully saturated rings. The molecule has 5 unspecified atom stereocenters. The molecule has 3 aliphatic rings. The van der Waals surface area contributed by atoms with E-state index >= 15 is 0 Å². The number of carbonyl (C=O) groups excluding carboxylic acids is 3. The Bertz CT molecular complexity index is 1850. The molecule has 0 saturated carbocycles. The average Bonchev–Trinajstić information content (AvgIpc) is 3.47. The lowest BCUT2D eigenvalue weighted by Gasteiger charge is -2.44. The summed E-state index contributed by atoms with van der Waals surface area (Å²) < 4.78 is 18.7. The summed E-state index contributed by atoms with van der Waals surface area (Å²) in [5.74, 6) is -0.952. The van der Waals surface area contributed by atoms with Crippen LogP contribution in [0.4, 0.5) is 10.5 Å². The lowest BCUT2D eigenvalue weighted by atomic mass is 9.90. The Labute approximate surface area is 310 Å². The van der Waals surface area contributed by atoms with Crippen LogP contribution in [0.5, 0.6) is 0 Å². The SMILES string of the molecule is CC1C(CN2CCN(Cc3ccccc3)CC2)OC(c2cccc(N3C(=O)CC(NC(=O)OCc4ccccc4)C3=O)c2)OC1c1ccc(CO)cc1. The molecule has 4 aromatic carbocycles. The van der Waals surface area contributed by atoms with Crippen LogP contribution >= 0.6 is 0 Å². The maximum atomic E-state index is 13.5. The zero-order valence-electron chi connectivity index (χ0n) is 29.9. The molecule has 7 rings (SSSR count). The van der Waals surface area contributed by atoms with E-state index in [0.717, 1.165) is 60.9 Å². The Morgan fingerprint density at radius 2 is 1.47 bits per heavy atom. The first-order chi connectivity index (χ1) is 25.8. The van der Waals surface area contributed by atoms with Crippen molar-refractivity contribution in [3.63, 3.8) is 0 Å². The summed E-state index contributed by atoms with van der Waals surface area (Å²) >= 11 is 0. The van der Waals surface area contributed by atoms with Crippen molar-refractivity contribution in [2.24, 2.45) is 5.92 Å². The number of piperazine rings is 1. The molecule has 3 saturated heterocycles. The zero-order valence-corrected chi connectivity index (χ0v) is 29.9. The molecule has 11 nitrogen and oxygen atoms in total. The van der Waals surface area contributed by atoms with Gasteiger partial charge in [0.25, 0.3) is 5.91 Å². The summed E-state index contributed by atoms with van der Waals surface area (Å²) in [6.45, 7) is 7.57. The number of hydrogen-bond donors (Lipinski definition) is 2. The fraction of sp³-hybridized carbons (Fsp3) is 0.357. The van der Waals surface area contributed by atoms with E-state index in [1.807, 2.05) is 66.7 Å². The minimum Gasteiger partial charge on any atom is -0.445 e. The molecule has 2 N–H and O–H groups in total.